The Labute approximate surface area is 112 Å². The van der Waals surface area contributed by atoms with Crippen molar-refractivity contribution >= 4 is 27.4 Å². The van der Waals surface area contributed by atoms with Gasteiger partial charge in [0.2, 0.25) is 0 Å². The van der Waals surface area contributed by atoms with Gasteiger partial charge in [-0.3, -0.25) is 9.59 Å². The average molecular weight is 250 g/mol. The zero-order valence-corrected chi connectivity index (χ0v) is 11.5. The fourth-order valence-electron chi connectivity index (χ4n) is 1.18. The van der Waals surface area contributed by atoms with Crippen molar-refractivity contribution in [3.63, 3.8) is 0 Å². The highest BCUT2D eigenvalue weighted by Crippen LogP contribution is 2.06. The fraction of sp³-hybridized carbons (Fsp3) is 0.833. The number of Topliss-reactive ketones (excluding diaryl/α,β-unsaturated/α-hetero) is 1. The molecule has 0 aliphatic heterocycles. The summed E-state index contributed by atoms with van der Waals surface area (Å²) in [6.45, 7) is 7.17. The molecule has 0 aliphatic carbocycles. The fourth-order valence-corrected chi connectivity index (χ4v) is 1.18. The number of ether oxygens (including phenoxy) is 2. The lowest BCUT2D eigenvalue weighted by Gasteiger charge is -2.23. The van der Waals surface area contributed by atoms with Crippen molar-refractivity contribution < 1.29 is 19.1 Å². The summed E-state index contributed by atoms with van der Waals surface area (Å²) >= 11 is 0. The van der Waals surface area contributed by atoms with E-state index in [4.69, 9.17) is 25.2 Å². The van der Waals surface area contributed by atoms with Crippen molar-refractivity contribution in [3.8, 4) is 0 Å². The molecule has 0 aromatic rings. The SMILES string of the molecule is [B]C(OC(=O)CCC(=O)C(C)C)C([B])OC(C)C. The molecule has 0 spiro atoms. The van der Waals surface area contributed by atoms with E-state index in [0.717, 1.165) is 0 Å². The van der Waals surface area contributed by atoms with Crippen LogP contribution in [0.4, 0.5) is 0 Å². The van der Waals surface area contributed by atoms with Gasteiger partial charge in [-0.05, 0) is 13.8 Å². The van der Waals surface area contributed by atoms with Gasteiger partial charge in [0, 0.05) is 18.3 Å². The van der Waals surface area contributed by atoms with Crippen LogP contribution in [0.3, 0.4) is 0 Å². The maximum absolute atomic E-state index is 11.4. The van der Waals surface area contributed by atoms with E-state index in [2.05, 4.69) is 0 Å². The smallest absolute Gasteiger partial charge is 0.305 e. The standard InChI is InChI=1S/C12H20B2O4/c1-7(2)9(15)5-6-10(16)18-12(14)11(13)17-8(3)4/h7-8,11-12H,5-6H2,1-4H3. The highest BCUT2D eigenvalue weighted by Gasteiger charge is 2.18. The number of carbonyl (C=O) groups excluding carboxylic acids is 2. The second-order valence-electron chi connectivity index (χ2n) is 4.72. The van der Waals surface area contributed by atoms with Crippen LogP contribution < -0.4 is 0 Å². The quantitative estimate of drug-likeness (QED) is 0.475. The molecule has 2 unspecified atom stereocenters. The van der Waals surface area contributed by atoms with Gasteiger partial charge in [0.25, 0.3) is 0 Å². The Morgan fingerprint density at radius 3 is 2.00 bits per heavy atom. The first-order valence-corrected chi connectivity index (χ1v) is 6.12. The third-order valence-corrected chi connectivity index (χ3v) is 2.24. The molecule has 18 heavy (non-hydrogen) atoms. The molecule has 98 valence electrons. The lowest BCUT2D eigenvalue weighted by molar-refractivity contribution is -0.150. The lowest BCUT2D eigenvalue weighted by atomic mass is 9.82. The highest BCUT2D eigenvalue weighted by atomic mass is 16.6. The molecule has 4 radical (unpaired) electrons. The largest absolute Gasteiger partial charge is 0.471 e. The number of ketones is 1. The molecule has 0 N–H and O–H groups in total. The Balaban J connectivity index is 3.97. The molecule has 0 aromatic heterocycles. The Morgan fingerprint density at radius 1 is 1.00 bits per heavy atom. The van der Waals surface area contributed by atoms with E-state index in [1.807, 2.05) is 0 Å². The molecule has 0 bridgehead atoms. The third-order valence-electron chi connectivity index (χ3n) is 2.24. The Hall–Kier alpha value is -0.770. The summed E-state index contributed by atoms with van der Waals surface area (Å²) in [5, 5.41) is 0. The van der Waals surface area contributed by atoms with Crippen LogP contribution in [0.15, 0.2) is 0 Å². The Kier molecular flexibility index (Phi) is 8.00. The van der Waals surface area contributed by atoms with Crippen LogP contribution in [-0.4, -0.2) is 45.6 Å². The molecule has 0 fully saturated rings. The summed E-state index contributed by atoms with van der Waals surface area (Å²) < 4.78 is 10.1. The topological polar surface area (TPSA) is 52.6 Å². The van der Waals surface area contributed by atoms with Crippen LogP contribution >= 0.6 is 0 Å². The van der Waals surface area contributed by atoms with E-state index in [1.54, 1.807) is 27.7 Å². The summed E-state index contributed by atoms with van der Waals surface area (Å²) in [5.74, 6) is -0.611. The Bertz CT molecular complexity index is 279. The minimum absolute atomic E-state index is 0.0130. The normalized spacial score (nSPS) is 14.6. The maximum atomic E-state index is 11.4. The van der Waals surface area contributed by atoms with Crippen molar-refractivity contribution in [2.45, 2.75) is 58.6 Å². The van der Waals surface area contributed by atoms with Gasteiger partial charge in [0.05, 0.1) is 18.5 Å². The van der Waals surface area contributed by atoms with E-state index < -0.39 is 18.0 Å². The van der Waals surface area contributed by atoms with E-state index in [0.29, 0.717) is 0 Å². The van der Waals surface area contributed by atoms with Crippen molar-refractivity contribution in [3.05, 3.63) is 0 Å². The third kappa shape index (κ3) is 7.54. The number of carbonyl (C=O) groups is 2. The van der Waals surface area contributed by atoms with Crippen LogP contribution in [0.5, 0.6) is 0 Å². The van der Waals surface area contributed by atoms with Crippen molar-refractivity contribution in [1.82, 2.24) is 0 Å². The van der Waals surface area contributed by atoms with Crippen molar-refractivity contribution in [2.24, 2.45) is 5.92 Å². The number of rotatable bonds is 8. The van der Waals surface area contributed by atoms with Crippen LogP contribution in [0.1, 0.15) is 40.5 Å². The molecule has 2 atom stereocenters. The van der Waals surface area contributed by atoms with Crippen LogP contribution in [-0.2, 0) is 19.1 Å². The average Bonchev–Trinajstić information content (AvgIpc) is 2.24. The first kappa shape index (κ1) is 17.2. The molecular formula is C12H20B2O4. The molecule has 0 heterocycles. The predicted octanol–water partition coefficient (Wildman–Crippen LogP) is 0.949. The summed E-state index contributed by atoms with van der Waals surface area (Å²) in [6, 6.07) is -1.89. The molecule has 6 heteroatoms. The van der Waals surface area contributed by atoms with Gasteiger partial charge in [0.1, 0.15) is 21.5 Å². The maximum Gasteiger partial charge on any atom is 0.305 e. The highest BCUT2D eigenvalue weighted by molar-refractivity contribution is 6.20. The first-order chi connectivity index (χ1) is 8.23. The molecule has 0 saturated heterocycles. The van der Waals surface area contributed by atoms with Crippen LogP contribution in [0, 0.1) is 5.92 Å². The molecule has 0 amide bonds. The molecule has 0 aliphatic rings. The molecule has 4 nitrogen and oxygen atoms in total. The van der Waals surface area contributed by atoms with E-state index in [9.17, 15) is 9.59 Å². The van der Waals surface area contributed by atoms with E-state index in [1.165, 1.54) is 0 Å². The van der Waals surface area contributed by atoms with Gasteiger partial charge in [-0.25, -0.2) is 0 Å². The van der Waals surface area contributed by atoms with Gasteiger partial charge in [-0.2, -0.15) is 0 Å². The summed E-state index contributed by atoms with van der Waals surface area (Å²) in [7, 11) is 11.1. The predicted molar refractivity (Wildman–Crippen MR) is 70.5 cm³/mol. The number of hydrogen-bond donors (Lipinski definition) is 0. The lowest BCUT2D eigenvalue weighted by Crippen LogP contribution is -2.36. The van der Waals surface area contributed by atoms with Gasteiger partial charge < -0.3 is 9.47 Å². The minimum atomic E-state index is -1.02. The van der Waals surface area contributed by atoms with Gasteiger partial charge in [-0.1, -0.05) is 13.8 Å². The molecule has 0 saturated carbocycles. The summed E-state index contributed by atoms with van der Waals surface area (Å²) in [6.07, 6.45) is 0.0649. The van der Waals surface area contributed by atoms with Crippen molar-refractivity contribution in [1.29, 1.82) is 0 Å². The van der Waals surface area contributed by atoms with Crippen molar-refractivity contribution in [2.75, 3.05) is 0 Å². The van der Waals surface area contributed by atoms with Crippen LogP contribution in [0.2, 0.25) is 0 Å². The van der Waals surface area contributed by atoms with Crippen LogP contribution in [0.25, 0.3) is 0 Å². The van der Waals surface area contributed by atoms with E-state index in [-0.39, 0.29) is 30.6 Å². The molecule has 0 aromatic carbocycles. The molecular weight excluding hydrogens is 230 g/mol. The zero-order valence-electron chi connectivity index (χ0n) is 11.5. The van der Waals surface area contributed by atoms with Gasteiger partial charge in [0.15, 0.2) is 0 Å². The summed E-state index contributed by atoms with van der Waals surface area (Å²) in [4.78, 5) is 22.7. The van der Waals surface area contributed by atoms with Gasteiger partial charge >= 0.3 is 5.97 Å². The summed E-state index contributed by atoms with van der Waals surface area (Å²) in [5.41, 5.74) is 0. The first-order valence-electron chi connectivity index (χ1n) is 6.12. The minimum Gasteiger partial charge on any atom is -0.471 e. The second kappa shape index (κ2) is 8.35. The zero-order chi connectivity index (χ0) is 14.3. The number of hydrogen-bond acceptors (Lipinski definition) is 4. The van der Waals surface area contributed by atoms with Gasteiger partial charge in [-0.15, -0.1) is 0 Å². The molecule has 0 rings (SSSR count). The number of esters is 1. The second-order valence-corrected chi connectivity index (χ2v) is 4.72. The Morgan fingerprint density at radius 2 is 1.56 bits per heavy atom. The monoisotopic (exact) mass is 250 g/mol. The van der Waals surface area contributed by atoms with E-state index >= 15 is 0 Å².